The van der Waals surface area contributed by atoms with Gasteiger partial charge in [-0.2, -0.15) is 0 Å². The Labute approximate surface area is 133 Å². The third kappa shape index (κ3) is 4.38. The average molecular weight is 402 g/mol. The molecule has 1 aromatic rings. The molecule has 0 aliphatic rings. The van der Waals surface area contributed by atoms with Gasteiger partial charge < -0.3 is 15.9 Å². The zero-order chi connectivity index (χ0) is 16.4. The van der Waals surface area contributed by atoms with Gasteiger partial charge in [0, 0.05) is 11.0 Å². The molecule has 1 aromatic carbocycles. The monoisotopic (exact) mass is 400 g/mol. The third-order valence-electron chi connectivity index (χ3n) is 2.34. The van der Waals surface area contributed by atoms with E-state index in [1.165, 1.54) is 0 Å². The van der Waals surface area contributed by atoms with Crippen molar-refractivity contribution in [3.8, 4) is 0 Å². The van der Waals surface area contributed by atoms with Crippen LogP contribution in [0.3, 0.4) is 0 Å². The number of aliphatic hydroxyl groups is 1. The molecule has 1 rings (SSSR count). The Morgan fingerprint density at radius 3 is 2.48 bits per heavy atom. The maximum atomic E-state index is 12.0. The highest BCUT2D eigenvalue weighted by Gasteiger charge is 2.22. The number of carboxylic acids is 1. The summed E-state index contributed by atoms with van der Waals surface area (Å²) in [4.78, 5) is 21.2. The van der Waals surface area contributed by atoms with Gasteiger partial charge >= 0.3 is 5.97 Å². The highest BCUT2D eigenvalue weighted by molar-refractivity contribution is 9.10. The molecule has 0 spiro atoms. The summed E-state index contributed by atoms with van der Waals surface area (Å²) >= 11 is 8.69. The number of carbonyl (C=O) groups excluding carboxylic acids is 1. The topological polar surface area (TPSA) is 147 Å². The van der Waals surface area contributed by atoms with Gasteiger partial charge in [0.05, 0.1) is 15.5 Å². The van der Waals surface area contributed by atoms with Crippen molar-refractivity contribution in [3.63, 3.8) is 0 Å². The molecule has 0 saturated heterocycles. The summed E-state index contributed by atoms with van der Waals surface area (Å²) in [6.07, 6.45) is -1.70. The molecule has 1 atom stereocenters. The first-order valence-corrected chi connectivity index (χ1v) is 7.91. The van der Waals surface area contributed by atoms with Crippen molar-refractivity contribution in [2.75, 3.05) is 6.54 Å². The SMILES string of the molecule is NC(=O)C(O)CNS(=O)(=O)c1cc(Br)c(Cl)c(C(=O)O)c1. The Balaban J connectivity index is 3.15. The van der Waals surface area contributed by atoms with Gasteiger partial charge in [0.25, 0.3) is 0 Å². The van der Waals surface area contributed by atoms with Crippen molar-refractivity contribution in [2.45, 2.75) is 11.0 Å². The Bertz CT molecular complexity index is 693. The van der Waals surface area contributed by atoms with Crippen LogP contribution in [0.2, 0.25) is 5.02 Å². The number of benzene rings is 1. The standard InChI is InChI=1S/C10H10BrClN2O6S/c11-6-2-4(1-5(8(6)12)10(17)18)21(19,20)14-3-7(15)9(13)16/h1-2,7,14-15H,3H2,(H2,13,16)(H,17,18). The van der Waals surface area contributed by atoms with Gasteiger partial charge in [0.15, 0.2) is 0 Å². The Morgan fingerprint density at radius 2 is 2.00 bits per heavy atom. The minimum atomic E-state index is -4.15. The molecule has 5 N–H and O–H groups in total. The van der Waals surface area contributed by atoms with Gasteiger partial charge in [0.1, 0.15) is 6.10 Å². The number of carbonyl (C=O) groups is 2. The molecule has 0 bridgehead atoms. The molecule has 1 amide bonds. The molecule has 0 aliphatic heterocycles. The van der Waals surface area contributed by atoms with E-state index >= 15 is 0 Å². The summed E-state index contributed by atoms with van der Waals surface area (Å²) in [6.45, 7) is -0.639. The van der Waals surface area contributed by atoms with Gasteiger partial charge in [-0.3, -0.25) is 4.79 Å². The molecule has 21 heavy (non-hydrogen) atoms. The number of primary amides is 1. The number of aliphatic hydroxyl groups excluding tert-OH is 1. The van der Waals surface area contributed by atoms with E-state index in [2.05, 4.69) is 15.9 Å². The molecule has 11 heteroatoms. The highest BCUT2D eigenvalue weighted by Crippen LogP contribution is 2.29. The van der Waals surface area contributed by atoms with E-state index in [1.807, 2.05) is 4.72 Å². The van der Waals surface area contributed by atoms with E-state index in [0.717, 1.165) is 12.1 Å². The lowest BCUT2D eigenvalue weighted by Crippen LogP contribution is -2.39. The van der Waals surface area contributed by atoms with Crippen molar-refractivity contribution in [1.29, 1.82) is 0 Å². The van der Waals surface area contributed by atoms with E-state index in [-0.39, 0.29) is 9.50 Å². The van der Waals surface area contributed by atoms with Crippen LogP contribution >= 0.6 is 27.5 Å². The molecule has 0 fully saturated rings. The normalized spacial score (nSPS) is 12.9. The fourth-order valence-corrected chi connectivity index (χ4v) is 3.14. The molecule has 116 valence electrons. The summed E-state index contributed by atoms with van der Waals surface area (Å²) in [6, 6.07) is 1.95. The fourth-order valence-electron chi connectivity index (χ4n) is 1.25. The summed E-state index contributed by atoms with van der Waals surface area (Å²) in [5, 5.41) is 17.9. The lowest BCUT2D eigenvalue weighted by atomic mass is 10.2. The molecule has 0 radical (unpaired) electrons. The first-order chi connectivity index (χ1) is 9.56. The maximum absolute atomic E-state index is 12.0. The average Bonchev–Trinajstić information content (AvgIpc) is 2.38. The van der Waals surface area contributed by atoms with E-state index < -0.39 is 45.0 Å². The number of hydrogen-bond acceptors (Lipinski definition) is 5. The molecule has 0 aromatic heterocycles. The molecule has 1 unspecified atom stereocenters. The van der Waals surface area contributed by atoms with Crippen molar-refractivity contribution >= 4 is 49.4 Å². The van der Waals surface area contributed by atoms with Crippen LogP contribution in [0.25, 0.3) is 0 Å². The van der Waals surface area contributed by atoms with Crippen molar-refractivity contribution in [1.82, 2.24) is 4.72 Å². The fraction of sp³-hybridized carbons (Fsp3) is 0.200. The molecular weight excluding hydrogens is 392 g/mol. The first-order valence-electron chi connectivity index (χ1n) is 5.25. The van der Waals surface area contributed by atoms with E-state index in [0.29, 0.717) is 0 Å². The molecule has 0 heterocycles. The second kappa shape index (κ2) is 6.71. The van der Waals surface area contributed by atoms with Crippen LogP contribution in [0.15, 0.2) is 21.5 Å². The number of hydrogen-bond donors (Lipinski definition) is 4. The van der Waals surface area contributed by atoms with Gasteiger partial charge in [-0.1, -0.05) is 11.6 Å². The van der Waals surface area contributed by atoms with Gasteiger partial charge in [-0.15, -0.1) is 0 Å². The maximum Gasteiger partial charge on any atom is 0.337 e. The highest BCUT2D eigenvalue weighted by atomic mass is 79.9. The van der Waals surface area contributed by atoms with Crippen LogP contribution in [0, 0.1) is 0 Å². The number of carboxylic acid groups (broad SMARTS) is 1. The van der Waals surface area contributed by atoms with Crippen LogP contribution in [-0.4, -0.2) is 43.2 Å². The number of amides is 1. The van der Waals surface area contributed by atoms with Crippen LogP contribution in [0.4, 0.5) is 0 Å². The third-order valence-corrected chi connectivity index (χ3v) is 5.00. The number of rotatable bonds is 6. The molecule has 8 nitrogen and oxygen atoms in total. The summed E-state index contributed by atoms with van der Waals surface area (Å²) in [5.74, 6) is -2.50. The van der Waals surface area contributed by atoms with Gasteiger partial charge in [0.2, 0.25) is 15.9 Å². The number of sulfonamides is 1. The smallest absolute Gasteiger partial charge is 0.337 e. The first kappa shape index (κ1) is 17.9. The van der Waals surface area contributed by atoms with Crippen molar-refractivity contribution in [2.24, 2.45) is 5.73 Å². The predicted molar refractivity (Wildman–Crippen MR) is 76.5 cm³/mol. The summed E-state index contributed by atoms with van der Waals surface area (Å²) in [5.41, 5.74) is 4.37. The Morgan fingerprint density at radius 1 is 1.43 bits per heavy atom. The van der Waals surface area contributed by atoms with E-state index in [4.69, 9.17) is 27.5 Å². The quantitative estimate of drug-likeness (QED) is 0.524. The van der Waals surface area contributed by atoms with E-state index in [1.54, 1.807) is 0 Å². The van der Waals surface area contributed by atoms with Gasteiger partial charge in [-0.05, 0) is 28.1 Å². The van der Waals surface area contributed by atoms with Crippen molar-refractivity contribution in [3.05, 3.63) is 27.2 Å². The lowest BCUT2D eigenvalue weighted by Gasteiger charge is -2.11. The summed E-state index contributed by atoms with van der Waals surface area (Å²) in [7, 11) is -4.15. The minimum Gasteiger partial charge on any atom is -0.478 e. The second-order valence-electron chi connectivity index (χ2n) is 3.84. The minimum absolute atomic E-state index is 0.0693. The predicted octanol–water partition coefficient (Wildman–Crippen LogP) is -0.0748. The zero-order valence-electron chi connectivity index (χ0n) is 10.2. The molecular formula is C10H10BrClN2O6S. The number of nitrogens with one attached hydrogen (secondary N) is 1. The number of halogens is 2. The van der Waals surface area contributed by atoms with Crippen molar-refractivity contribution < 1.29 is 28.2 Å². The van der Waals surface area contributed by atoms with Crippen LogP contribution < -0.4 is 10.5 Å². The van der Waals surface area contributed by atoms with Crippen LogP contribution in [0.1, 0.15) is 10.4 Å². The summed E-state index contributed by atoms with van der Waals surface area (Å²) < 4.78 is 25.9. The molecule has 0 aliphatic carbocycles. The van der Waals surface area contributed by atoms with Crippen LogP contribution in [0.5, 0.6) is 0 Å². The number of aromatic carboxylic acids is 1. The zero-order valence-corrected chi connectivity index (χ0v) is 13.4. The van der Waals surface area contributed by atoms with E-state index in [9.17, 15) is 18.0 Å². The van der Waals surface area contributed by atoms with Crippen LogP contribution in [-0.2, 0) is 14.8 Å². The Kier molecular flexibility index (Phi) is 5.70. The lowest BCUT2D eigenvalue weighted by molar-refractivity contribution is -0.125. The second-order valence-corrected chi connectivity index (χ2v) is 6.84. The molecule has 0 saturated carbocycles. The Hall–Kier alpha value is -1.20. The largest absolute Gasteiger partial charge is 0.478 e. The number of nitrogens with two attached hydrogens (primary N) is 1. The van der Waals surface area contributed by atoms with Gasteiger partial charge in [-0.25, -0.2) is 17.9 Å².